The second kappa shape index (κ2) is 8.68. The maximum atomic E-state index is 5.85. The fraction of sp³-hybridized carbons (Fsp3) is 0.867. The second-order valence-corrected chi connectivity index (χ2v) is 5.18. The van der Waals surface area contributed by atoms with Gasteiger partial charge >= 0.3 is 0 Å². The van der Waals surface area contributed by atoms with Gasteiger partial charge in [0.05, 0.1) is 6.10 Å². The first-order valence-electron chi connectivity index (χ1n) is 6.89. The molecule has 0 spiro atoms. The molecule has 0 saturated heterocycles. The molecule has 0 aliphatic carbocycles. The van der Waals surface area contributed by atoms with Crippen LogP contribution in [0, 0.1) is 5.41 Å². The Kier molecular flexibility index (Phi) is 8.49. The van der Waals surface area contributed by atoms with E-state index in [1.54, 1.807) is 0 Å². The lowest BCUT2D eigenvalue weighted by molar-refractivity contribution is -0.218. The average molecular weight is 258 g/mol. The molecule has 3 nitrogen and oxygen atoms in total. The summed E-state index contributed by atoms with van der Waals surface area (Å²) in [6.07, 6.45) is 1.89. The zero-order valence-corrected chi connectivity index (χ0v) is 13.1. The van der Waals surface area contributed by atoms with Crippen molar-refractivity contribution in [3.8, 4) is 0 Å². The van der Waals surface area contributed by atoms with Crippen LogP contribution in [-0.4, -0.2) is 32.2 Å². The highest BCUT2D eigenvalue weighted by Crippen LogP contribution is 2.32. The zero-order chi connectivity index (χ0) is 14.2. The van der Waals surface area contributed by atoms with Crippen LogP contribution >= 0.6 is 0 Å². The Morgan fingerprint density at radius 2 is 1.39 bits per heavy atom. The Labute approximate surface area is 112 Å². The van der Waals surface area contributed by atoms with E-state index < -0.39 is 0 Å². The lowest BCUT2D eigenvalue weighted by atomic mass is 9.84. The lowest BCUT2D eigenvalue weighted by Gasteiger charge is -2.38. The molecule has 0 heterocycles. The highest BCUT2D eigenvalue weighted by molar-refractivity contribution is 5.04. The minimum atomic E-state index is -0.250. The molecule has 1 unspecified atom stereocenters. The van der Waals surface area contributed by atoms with Crippen molar-refractivity contribution < 1.29 is 14.2 Å². The van der Waals surface area contributed by atoms with Gasteiger partial charge in [0.1, 0.15) is 0 Å². The van der Waals surface area contributed by atoms with E-state index >= 15 is 0 Å². The monoisotopic (exact) mass is 258 g/mol. The predicted molar refractivity (Wildman–Crippen MR) is 75.7 cm³/mol. The minimum Gasteiger partial charge on any atom is -0.374 e. The van der Waals surface area contributed by atoms with Crippen LogP contribution in [0.15, 0.2) is 11.6 Å². The van der Waals surface area contributed by atoms with Crippen molar-refractivity contribution in [3.63, 3.8) is 0 Å². The van der Waals surface area contributed by atoms with E-state index in [4.69, 9.17) is 14.2 Å². The summed E-state index contributed by atoms with van der Waals surface area (Å²) in [6, 6.07) is 0. The Hall–Kier alpha value is -0.380. The van der Waals surface area contributed by atoms with Crippen molar-refractivity contribution >= 4 is 0 Å². The first-order chi connectivity index (χ1) is 8.39. The molecular weight excluding hydrogens is 228 g/mol. The maximum absolute atomic E-state index is 5.85. The van der Waals surface area contributed by atoms with E-state index in [0.29, 0.717) is 19.8 Å². The van der Waals surface area contributed by atoms with Crippen LogP contribution < -0.4 is 0 Å². The highest BCUT2D eigenvalue weighted by atomic mass is 16.7. The summed E-state index contributed by atoms with van der Waals surface area (Å²) in [7, 11) is 0. The third-order valence-electron chi connectivity index (χ3n) is 2.81. The Morgan fingerprint density at radius 1 is 0.944 bits per heavy atom. The summed E-state index contributed by atoms with van der Waals surface area (Å²) < 4.78 is 17.3. The van der Waals surface area contributed by atoms with Gasteiger partial charge in [-0.1, -0.05) is 25.5 Å². The van der Waals surface area contributed by atoms with Crippen LogP contribution in [0.4, 0.5) is 0 Å². The number of allylic oxidation sites excluding steroid dienone is 1. The van der Waals surface area contributed by atoms with Crippen molar-refractivity contribution in [2.45, 2.75) is 60.9 Å². The van der Waals surface area contributed by atoms with Gasteiger partial charge in [0.15, 0.2) is 6.29 Å². The van der Waals surface area contributed by atoms with E-state index in [1.807, 2.05) is 20.8 Å². The Bertz CT molecular complexity index is 236. The molecule has 0 rings (SSSR count). The SMILES string of the molecule is CCOC(C=C(C)C)C(C)(C)C(OCC)OCC. The fourth-order valence-corrected chi connectivity index (χ4v) is 1.87. The van der Waals surface area contributed by atoms with E-state index in [-0.39, 0.29) is 17.8 Å². The molecular formula is C15H30O3. The van der Waals surface area contributed by atoms with Crippen LogP contribution in [0.1, 0.15) is 48.5 Å². The van der Waals surface area contributed by atoms with Crippen molar-refractivity contribution in [2.75, 3.05) is 19.8 Å². The summed E-state index contributed by atoms with van der Waals surface area (Å²) >= 11 is 0. The molecule has 1 atom stereocenters. The van der Waals surface area contributed by atoms with Crippen molar-refractivity contribution in [3.05, 3.63) is 11.6 Å². The molecule has 0 aromatic carbocycles. The molecule has 0 fully saturated rings. The number of hydrogen-bond acceptors (Lipinski definition) is 3. The molecule has 0 aromatic rings. The predicted octanol–water partition coefficient (Wildman–Crippen LogP) is 3.78. The molecule has 18 heavy (non-hydrogen) atoms. The van der Waals surface area contributed by atoms with Crippen LogP contribution in [0.25, 0.3) is 0 Å². The largest absolute Gasteiger partial charge is 0.374 e. The van der Waals surface area contributed by atoms with E-state index in [1.165, 1.54) is 5.57 Å². The van der Waals surface area contributed by atoms with Crippen LogP contribution in [0.5, 0.6) is 0 Å². The van der Waals surface area contributed by atoms with Gasteiger partial charge in [0.25, 0.3) is 0 Å². The number of ether oxygens (including phenoxy) is 3. The lowest BCUT2D eigenvalue weighted by Crippen LogP contribution is -2.44. The first kappa shape index (κ1) is 17.6. The van der Waals surface area contributed by atoms with Crippen molar-refractivity contribution in [1.82, 2.24) is 0 Å². The molecule has 0 saturated carbocycles. The second-order valence-electron chi connectivity index (χ2n) is 5.18. The molecule has 0 bridgehead atoms. The Balaban J connectivity index is 5.02. The molecule has 0 radical (unpaired) electrons. The van der Waals surface area contributed by atoms with Gasteiger partial charge in [-0.3, -0.25) is 0 Å². The topological polar surface area (TPSA) is 27.7 Å². The number of rotatable bonds is 9. The van der Waals surface area contributed by atoms with E-state index in [0.717, 1.165) is 0 Å². The summed E-state index contributed by atoms with van der Waals surface area (Å²) in [5.74, 6) is 0. The third kappa shape index (κ3) is 5.51. The standard InChI is InChI=1S/C15H30O3/c1-8-16-13(11-12(4)5)15(6,7)14(17-9-2)18-10-3/h11,13-14H,8-10H2,1-7H3. The molecule has 0 aliphatic heterocycles. The van der Waals surface area contributed by atoms with Gasteiger partial charge in [0.2, 0.25) is 0 Å². The molecule has 0 aliphatic rings. The molecule has 108 valence electrons. The van der Waals surface area contributed by atoms with Crippen LogP contribution in [-0.2, 0) is 14.2 Å². The van der Waals surface area contributed by atoms with Gasteiger partial charge in [0, 0.05) is 25.2 Å². The van der Waals surface area contributed by atoms with E-state index in [9.17, 15) is 0 Å². The van der Waals surface area contributed by atoms with Crippen molar-refractivity contribution in [2.24, 2.45) is 5.41 Å². The first-order valence-corrected chi connectivity index (χ1v) is 6.89. The Morgan fingerprint density at radius 3 is 1.72 bits per heavy atom. The van der Waals surface area contributed by atoms with Gasteiger partial charge < -0.3 is 14.2 Å². The van der Waals surface area contributed by atoms with Crippen LogP contribution in [0.3, 0.4) is 0 Å². The average Bonchev–Trinajstić information content (AvgIpc) is 2.27. The minimum absolute atomic E-state index is 0.00407. The number of hydrogen-bond donors (Lipinski definition) is 0. The zero-order valence-electron chi connectivity index (χ0n) is 13.1. The van der Waals surface area contributed by atoms with E-state index in [2.05, 4.69) is 33.8 Å². The smallest absolute Gasteiger partial charge is 0.165 e. The van der Waals surface area contributed by atoms with Gasteiger partial charge in [-0.05, 0) is 34.6 Å². The normalized spacial score (nSPS) is 13.8. The molecule has 3 heteroatoms. The van der Waals surface area contributed by atoms with Gasteiger partial charge in [-0.25, -0.2) is 0 Å². The summed E-state index contributed by atoms with van der Waals surface area (Å²) in [5, 5.41) is 0. The molecule has 0 aromatic heterocycles. The molecule has 0 N–H and O–H groups in total. The van der Waals surface area contributed by atoms with Crippen molar-refractivity contribution in [1.29, 1.82) is 0 Å². The van der Waals surface area contributed by atoms with Gasteiger partial charge in [-0.15, -0.1) is 0 Å². The summed E-state index contributed by atoms with van der Waals surface area (Å²) in [6.45, 7) is 16.4. The van der Waals surface area contributed by atoms with Gasteiger partial charge in [-0.2, -0.15) is 0 Å². The summed E-state index contributed by atoms with van der Waals surface area (Å²) in [4.78, 5) is 0. The fourth-order valence-electron chi connectivity index (χ4n) is 1.87. The van der Waals surface area contributed by atoms with Crippen LogP contribution in [0.2, 0.25) is 0 Å². The maximum Gasteiger partial charge on any atom is 0.165 e. The quantitative estimate of drug-likeness (QED) is 0.465. The highest BCUT2D eigenvalue weighted by Gasteiger charge is 2.38. The molecule has 0 amide bonds. The third-order valence-corrected chi connectivity index (χ3v) is 2.81. The summed E-state index contributed by atoms with van der Waals surface area (Å²) in [5.41, 5.74) is 1.02.